The molecule has 23 heavy (non-hydrogen) atoms. The van der Waals surface area contributed by atoms with E-state index in [4.69, 9.17) is 11.6 Å². The van der Waals surface area contributed by atoms with Crippen molar-refractivity contribution < 1.29 is 9.18 Å². The molecule has 1 saturated carbocycles. The maximum atomic E-state index is 13.0. The summed E-state index contributed by atoms with van der Waals surface area (Å²) in [6.45, 7) is 2.44. The molecule has 1 atom stereocenters. The summed E-state index contributed by atoms with van der Waals surface area (Å²) in [5.74, 6) is -0.264. The Morgan fingerprint density at radius 1 is 1.35 bits per heavy atom. The third kappa shape index (κ3) is 4.24. The summed E-state index contributed by atoms with van der Waals surface area (Å²) in [5.41, 5.74) is 0.931. The predicted octanol–water partition coefficient (Wildman–Crippen LogP) is 4.98. The van der Waals surface area contributed by atoms with Crippen molar-refractivity contribution in [2.45, 2.75) is 38.4 Å². The van der Waals surface area contributed by atoms with E-state index in [0.29, 0.717) is 10.9 Å². The minimum Gasteiger partial charge on any atom is -0.331 e. The molecule has 1 N–H and O–H groups in total. The molecule has 1 fully saturated rings. The van der Waals surface area contributed by atoms with Crippen LogP contribution in [0.25, 0.3) is 0 Å². The first kappa shape index (κ1) is 16.3. The Hall–Kier alpha value is -1.59. The summed E-state index contributed by atoms with van der Waals surface area (Å²) in [6.07, 6.45) is 2.04. The Morgan fingerprint density at radius 2 is 2.04 bits per heavy atom. The Balaban J connectivity index is 1.65. The van der Waals surface area contributed by atoms with Gasteiger partial charge in [-0.1, -0.05) is 23.7 Å². The standard InChI is InChI=1S/C17H18ClFN2OS/c1-11(15-8-9-16(18)23-15)20-17(22)21(14-6-7-14)10-12-2-4-13(19)5-3-12/h2-5,8-9,11,14H,6-7,10H2,1H3,(H,20,22). The zero-order valence-corrected chi connectivity index (χ0v) is 14.3. The van der Waals surface area contributed by atoms with Crippen molar-refractivity contribution in [1.29, 1.82) is 0 Å². The maximum absolute atomic E-state index is 13.0. The number of amides is 2. The second-order valence-corrected chi connectivity index (χ2v) is 7.55. The highest BCUT2D eigenvalue weighted by Gasteiger charge is 2.33. The number of halogens is 2. The molecular weight excluding hydrogens is 335 g/mol. The van der Waals surface area contributed by atoms with E-state index in [0.717, 1.165) is 23.3 Å². The van der Waals surface area contributed by atoms with E-state index in [1.807, 2.05) is 24.0 Å². The molecule has 6 heteroatoms. The lowest BCUT2D eigenvalue weighted by Crippen LogP contribution is -2.41. The van der Waals surface area contributed by atoms with Gasteiger partial charge < -0.3 is 10.2 Å². The van der Waals surface area contributed by atoms with Gasteiger partial charge in [-0.15, -0.1) is 11.3 Å². The number of hydrogen-bond donors (Lipinski definition) is 1. The van der Waals surface area contributed by atoms with Crippen LogP contribution in [0.1, 0.15) is 36.2 Å². The van der Waals surface area contributed by atoms with Crippen LogP contribution < -0.4 is 5.32 Å². The predicted molar refractivity (Wildman–Crippen MR) is 91.2 cm³/mol. The molecule has 1 aliphatic carbocycles. The molecule has 0 saturated heterocycles. The number of benzene rings is 1. The van der Waals surface area contributed by atoms with Gasteiger partial charge in [0.1, 0.15) is 5.82 Å². The molecule has 1 aromatic carbocycles. The van der Waals surface area contributed by atoms with Crippen LogP contribution in [0.2, 0.25) is 4.34 Å². The third-order valence-corrected chi connectivity index (χ3v) is 5.29. The van der Waals surface area contributed by atoms with Crippen LogP contribution in [0.4, 0.5) is 9.18 Å². The molecule has 0 radical (unpaired) electrons. The minimum absolute atomic E-state index is 0.0885. The third-order valence-electron chi connectivity index (χ3n) is 3.88. The van der Waals surface area contributed by atoms with E-state index in [9.17, 15) is 9.18 Å². The van der Waals surface area contributed by atoms with Crippen LogP contribution in [-0.2, 0) is 6.54 Å². The van der Waals surface area contributed by atoms with Crippen LogP contribution in [0.15, 0.2) is 36.4 Å². The molecular formula is C17H18ClFN2OS. The SMILES string of the molecule is CC(NC(=O)N(Cc1ccc(F)cc1)C1CC1)c1ccc(Cl)s1. The lowest BCUT2D eigenvalue weighted by Gasteiger charge is -2.25. The van der Waals surface area contributed by atoms with Crippen LogP contribution in [0.5, 0.6) is 0 Å². The number of nitrogens with one attached hydrogen (secondary N) is 1. The molecule has 1 aromatic heterocycles. The van der Waals surface area contributed by atoms with Gasteiger partial charge >= 0.3 is 6.03 Å². The van der Waals surface area contributed by atoms with Crippen LogP contribution in [0.3, 0.4) is 0 Å². The van der Waals surface area contributed by atoms with Gasteiger partial charge in [0, 0.05) is 17.5 Å². The average molecular weight is 353 g/mol. The lowest BCUT2D eigenvalue weighted by molar-refractivity contribution is 0.189. The first-order valence-electron chi connectivity index (χ1n) is 7.60. The zero-order chi connectivity index (χ0) is 16.4. The molecule has 122 valence electrons. The van der Waals surface area contributed by atoms with E-state index in [-0.39, 0.29) is 23.9 Å². The topological polar surface area (TPSA) is 32.3 Å². The fourth-order valence-corrected chi connectivity index (χ4v) is 3.50. The molecule has 2 amide bonds. The van der Waals surface area contributed by atoms with Gasteiger partial charge in [-0.3, -0.25) is 0 Å². The highest BCUT2D eigenvalue weighted by atomic mass is 35.5. The molecule has 3 rings (SSSR count). The number of carbonyl (C=O) groups is 1. The van der Waals surface area contributed by atoms with Crippen molar-refractivity contribution >= 4 is 29.0 Å². The highest BCUT2D eigenvalue weighted by molar-refractivity contribution is 7.16. The largest absolute Gasteiger partial charge is 0.331 e. The van der Waals surface area contributed by atoms with E-state index in [2.05, 4.69) is 5.32 Å². The number of nitrogens with zero attached hydrogens (tertiary/aromatic N) is 1. The van der Waals surface area contributed by atoms with Crippen LogP contribution in [0, 0.1) is 5.82 Å². The fraction of sp³-hybridized carbons (Fsp3) is 0.353. The number of urea groups is 1. The number of thiophene rings is 1. The lowest BCUT2D eigenvalue weighted by atomic mass is 10.2. The molecule has 1 heterocycles. The Morgan fingerprint density at radius 3 is 2.61 bits per heavy atom. The first-order chi connectivity index (χ1) is 11.0. The van der Waals surface area contributed by atoms with Gasteiger partial charge in [-0.05, 0) is 49.6 Å². The van der Waals surface area contributed by atoms with Crippen LogP contribution in [-0.4, -0.2) is 17.0 Å². The van der Waals surface area contributed by atoms with E-state index in [1.165, 1.54) is 23.5 Å². The molecule has 0 aliphatic heterocycles. The second-order valence-electron chi connectivity index (χ2n) is 5.80. The molecule has 0 spiro atoms. The minimum atomic E-state index is -0.264. The Labute approximate surface area is 144 Å². The normalized spacial score (nSPS) is 15.3. The van der Waals surface area contributed by atoms with Gasteiger partial charge in [-0.25, -0.2) is 9.18 Å². The molecule has 1 aliphatic rings. The van der Waals surface area contributed by atoms with Gasteiger partial charge in [0.05, 0.1) is 10.4 Å². The Bertz CT molecular complexity index is 684. The zero-order valence-electron chi connectivity index (χ0n) is 12.8. The molecule has 1 unspecified atom stereocenters. The smallest absolute Gasteiger partial charge is 0.318 e. The summed E-state index contributed by atoms with van der Waals surface area (Å²) < 4.78 is 13.7. The van der Waals surface area contributed by atoms with Gasteiger partial charge in [0.25, 0.3) is 0 Å². The van der Waals surface area contributed by atoms with E-state index >= 15 is 0 Å². The maximum Gasteiger partial charge on any atom is 0.318 e. The van der Waals surface area contributed by atoms with E-state index in [1.54, 1.807) is 12.1 Å². The Kier molecular flexibility index (Phi) is 4.87. The summed E-state index contributed by atoms with van der Waals surface area (Å²) in [6, 6.07) is 10.2. The van der Waals surface area contributed by atoms with Gasteiger partial charge in [0.2, 0.25) is 0 Å². The quantitative estimate of drug-likeness (QED) is 0.809. The number of hydrogen-bond acceptors (Lipinski definition) is 2. The second kappa shape index (κ2) is 6.89. The van der Waals surface area contributed by atoms with Crippen molar-refractivity contribution in [1.82, 2.24) is 10.2 Å². The summed E-state index contributed by atoms with van der Waals surface area (Å²) >= 11 is 7.42. The summed E-state index contributed by atoms with van der Waals surface area (Å²) in [4.78, 5) is 15.5. The fourth-order valence-electron chi connectivity index (χ4n) is 2.44. The van der Waals surface area contributed by atoms with Crippen molar-refractivity contribution in [2.75, 3.05) is 0 Å². The van der Waals surface area contributed by atoms with Crippen molar-refractivity contribution in [3.63, 3.8) is 0 Å². The molecule has 3 nitrogen and oxygen atoms in total. The number of rotatable bonds is 5. The first-order valence-corrected chi connectivity index (χ1v) is 8.79. The van der Waals surface area contributed by atoms with Crippen LogP contribution >= 0.6 is 22.9 Å². The highest BCUT2D eigenvalue weighted by Crippen LogP contribution is 2.30. The number of carbonyl (C=O) groups excluding carboxylic acids is 1. The molecule has 0 bridgehead atoms. The van der Waals surface area contributed by atoms with Crippen molar-refractivity contribution in [3.05, 3.63) is 57.0 Å². The van der Waals surface area contributed by atoms with Gasteiger partial charge in [-0.2, -0.15) is 0 Å². The molecule has 2 aromatic rings. The monoisotopic (exact) mass is 352 g/mol. The van der Waals surface area contributed by atoms with Gasteiger partial charge in [0.15, 0.2) is 0 Å². The summed E-state index contributed by atoms with van der Waals surface area (Å²) in [5, 5.41) is 3.03. The average Bonchev–Trinajstić information content (AvgIpc) is 3.27. The summed E-state index contributed by atoms with van der Waals surface area (Å²) in [7, 11) is 0. The van der Waals surface area contributed by atoms with Crippen molar-refractivity contribution in [3.8, 4) is 0 Å². The van der Waals surface area contributed by atoms with Crippen molar-refractivity contribution in [2.24, 2.45) is 0 Å². The van der Waals surface area contributed by atoms with E-state index < -0.39 is 0 Å².